The van der Waals surface area contributed by atoms with Crippen molar-refractivity contribution >= 4 is 33.3 Å². The van der Waals surface area contributed by atoms with Crippen molar-refractivity contribution in [3.8, 4) is 0 Å². The maximum absolute atomic E-state index is 12.6. The van der Waals surface area contributed by atoms with E-state index in [4.69, 9.17) is 16.3 Å². The number of Topliss-reactive ketones (excluding diaryl/α,β-unsaturated/α-hetero) is 1. The molecule has 0 N–H and O–H groups in total. The van der Waals surface area contributed by atoms with Gasteiger partial charge < -0.3 is 4.74 Å². The molecule has 2 aliphatic rings. The van der Waals surface area contributed by atoms with E-state index in [9.17, 15) is 4.79 Å². The van der Waals surface area contributed by atoms with Crippen molar-refractivity contribution in [2.24, 2.45) is 0 Å². The standard InChI is InChI=1S/C14H15BrClNO2/c15-10-4-1-5-11(16)13(10)14(18)12-7-17-6-2-3-9(17)8-19-12/h1,4-5,9,12H,2-3,6-8H2. The Morgan fingerprint density at radius 2 is 2.32 bits per heavy atom. The van der Waals surface area contributed by atoms with Crippen molar-refractivity contribution in [1.82, 2.24) is 4.90 Å². The van der Waals surface area contributed by atoms with Crippen LogP contribution in [0.15, 0.2) is 22.7 Å². The van der Waals surface area contributed by atoms with Crippen LogP contribution in [0.1, 0.15) is 23.2 Å². The highest BCUT2D eigenvalue weighted by atomic mass is 79.9. The van der Waals surface area contributed by atoms with Gasteiger partial charge in [0, 0.05) is 17.1 Å². The van der Waals surface area contributed by atoms with Gasteiger partial charge in [-0.15, -0.1) is 0 Å². The van der Waals surface area contributed by atoms with Crippen molar-refractivity contribution in [3.63, 3.8) is 0 Å². The molecule has 0 saturated carbocycles. The minimum atomic E-state index is -0.398. The number of benzene rings is 1. The van der Waals surface area contributed by atoms with Crippen molar-refractivity contribution in [1.29, 1.82) is 0 Å². The zero-order valence-electron chi connectivity index (χ0n) is 10.4. The lowest BCUT2D eigenvalue weighted by atomic mass is 10.0. The molecule has 2 unspecified atom stereocenters. The van der Waals surface area contributed by atoms with Gasteiger partial charge in [0.1, 0.15) is 6.10 Å². The highest BCUT2D eigenvalue weighted by molar-refractivity contribution is 9.10. The highest BCUT2D eigenvalue weighted by Crippen LogP contribution is 2.29. The van der Waals surface area contributed by atoms with Gasteiger partial charge in [-0.25, -0.2) is 0 Å². The molecule has 102 valence electrons. The zero-order valence-corrected chi connectivity index (χ0v) is 12.8. The molecular formula is C14H15BrClNO2. The summed E-state index contributed by atoms with van der Waals surface area (Å²) < 4.78 is 6.48. The second-order valence-electron chi connectivity index (χ2n) is 5.07. The highest BCUT2D eigenvalue weighted by Gasteiger charge is 2.36. The van der Waals surface area contributed by atoms with Gasteiger partial charge in [0.15, 0.2) is 5.78 Å². The van der Waals surface area contributed by atoms with E-state index in [0.29, 0.717) is 29.8 Å². The Morgan fingerprint density at radius 1 is 1.47 bits per heavy atom. The lowest BCUT2D eigenvalue weighted by Gasteiger charge is -2.34. The molecule has 0 radical (unpaired) electrons. The topological polar surface area (TPSA) is 29.5 Å². The van der Waals surface area contributed by atoms with Gasteiger partial charge in [0.25, 0.3) is 0 Å². The Kier molecular flexibility index (Phi) is 3.94. The minimum absolute atomic E-state index is 0.0252. The maximum atomic E-state index is 12.6. The summed E-state index contributed by atoms with van der Waals surface area (Å²) in [4.78, 5) is 14.9. The second kappa shape index (κ2) is 5.52. The number of ether oxygens (including phenoxy) is 1. The van der Waals surface area contributed by atoms with Crippen molar-refractivity contribution in [3.05, 3.63) is 33.3 Å². The molecule has 0 aliphatic carbocycles. The predicted octanol–water partition coefficient (Wildman–Crippen LogP) is 3.15. The van der Waals surface area contributed by atoms with Gasteiger partial charge in [0.05, 0.1) is 17.2 Å². The van der Waals surface area contributed by atoms with E-state index in [1.807, 2.05) is 12.1 Å². The zero-order chi connectivity index (χ0) is 13.4. The number of fused-ring (bicyclic) bond motifs is 1. The van der Waals surface area contributed by atoms with E-state index in [0.717, 1.165) is 11.0 Å². The van der Waals surface area contributed by atoms with E-state index in [1.54, 1.807) is 6.07 Å². The molecule has 0 bridgehead atoms. The van der Waals surface area contributed by atoms with Gasteiger partial charge in [-0.05, 0) is 47.4 Å². The summed E-state index contributed by atoms with van der Waals surface area (Å²) in [5.41, 5.74) is 0.534. The van der Waals surface area contributed by atoms with E-state index < -0.39 is 6.10 Å². The van der Waals surface area contributed by atoms with Crippen molar-refractivity contribution in [2.45, 2.75) is 25.0 Å². The smallest absolute Gasteiger partial charge is 0.195 e. The van der Waals surface area contributed by atoms with E-state index in [2.05, 4.69) is 20.8 Å². The van der Waals surface area contributed by atoms with E-state index in [-0.39, 0.29) is 5.78 Å². The van der Waals surface area contributed by atoms with Crippen molar-refractivity contribution < 1.29 is 9.53 Å². The maximum Gasteiger partial charge on any atom is 0.195 e. The number of nitrogens with zero attached hydrogens (tertiary/aromatic N) is 1. The summed E-state index contributed by atoms with van der Waals surface area (Å²) >= 11 is 9.53. The molecule has 3 nitrogen and oxygen atoms in total. The van der Waals surface area contributed by atoms with Crippen molar-refractivity contribution in [2.75, 3.05) is 19.7 Å². The molecule has 3 rings (SSSR count). The Morgan fingerprint density at radius 3 is 3.11 bits per heavy atom. The number of hydrogen-bond donors (Lipinski definition) is 0. The number of hydrogen-bond acceptors (Lipinski definition) is 3. The fourth-order valence-corrected chi connectivity index (χ4v) is 3.81. The normalized spacial score (nSPS) is 27.3. The van der Waals surface area contributed by atoms with E-state index >= 15 is 0 Å². The average molecular weight is 345 g/mol. The summed E-state index contributed by atoms with van der Waals surface area (Å²) in [6.45, 7) is 2.40. The SMILES string of the molecule is O=C(c1c(Cl)cccc1Br)C1CN2CCCC2CO1. The molecule has 2 heterocycles. The number of ketones is 1. The average Bonchev–Trinajstić information content (AvgIpc) is 2.85. The lowest BCUT2D eigenvalue weighted by Crippen LogP contribution is -2.49. The van der Waals surface area contributed by atoms with Gasteiger partial charge in [-0.1, -0.05) is 17.7 Å². The van der Waals surface area contributed by atoms with Gasteiger partial charge in [-0.2, -0.15) is 0 Å². The van der Waals surface area contributed by atoms with Crippen LogP contribution in [0.25, 0.3) is 0 Å². The summed E-state index contributed by atoms with van der Waals surface area (Å²) in [6.07, 6.45) is 1.98. The van der Waals surface area contributed by atoms with Crippen LogP contribution in [0, 0.1) is 0 Å². The minimum Gasteiger partial charge on any atom is -0.367 e. The molecule has 0 aromatic heterocycles. The van der Waals surface area contributed by atoms with Crippen LogP contribution in [0.3, 0.4) is 0 Å². The molecule has 2 aliphatic heterocycles. The summed E-state index contributed by atoms with van der Waals surface area (Å²) in [6, 6.07) is 5.89. The number of halogens is 2. The van der Waals surface area contributed by atoms with Crippen LogP contribution >= 0.6 is 27.5 Å². The number of rotatable bonds is 2. The van der Waals surface area contributed by atoms with Crippen LogP contribution in [0.2, 0.25) is 5.02 Å². The molecule has 2 saturated heterocycles. The molecule has 2 fully saturated rings. The molecule has 0 amide bonds. The van der Waals surface area contributed by atoms with Crippen LogP contribution in [0.5, 0.6) is 0 Å². The van der Waals surface area contributed by atoms with Crippen LogP contribution in [-0.2, 0) is 4.74 Å². The summed E-state index contributed by atoms with van der Waals surface area (Å²) in [5.74, 6) is -0.0252. The fourth-order valence-electron chi connectivity index (χ4n) is 2.87. The first kappa shape index (κ1) is 13.6. The van der Waals surface area contributed by atoms with E-state index in [1.165, 1.54) is 12.8 Å². The molecule has 1 aromatic rings. The molecule has 0 spiro atoms. The third-order valence-electron chi connectivity index (χ3n) is 3.89. The number of carbonyl (C=O) groups excluding carboxylic acids is 1. The first-order chi connectivity index (χ1) is 9.16. The van der Waals surface area contributed by atoms with Gasteiger partial charge in [-0.3, -0.25) is 9.69 Å². The van der Waals surface area contributed by atoms with Gasteiger partial charge >= 0.3 is 0 Å². The Labute approximate surface area is 126 Å². The Balaban J connectivity index is 1.81. The van der Waals surface area contributed by atoms with Crippen LogP contribution < -0.4 is 0 Å². The van der Waals surface area contributed by atoms with Crippen LogP contribution in [-0.4, -0.2) is 42.5 Å². The third-order valence-corrected chi connectivity index (χ3v) is 4.87. The molecule has 2 atom stereocenters. The Bertz CT molecular complexity index is 488. The lowest BCUT2D eigenvalue weighted by molar-refractivity contribution is -0.0344. The monoisotopic (exact) mass is 343 g/mol. The molecular weight excluding hydrogens is 330 g/mol. The first-order valence-electron chi connectivity index (χ1n) is 6.50. The third kappa shape index (κ3) is 2.59. The molecule has 5 heteroatoms. The summed E-state index contributed by atoms with van der Waals surface area (Å²) in [7, 11) is 0. The molecule has 1 aromatic carbocycles. The predicted molar refractivity (Wildman–Crippen MR) is 77.8 cm³/mol. The first-order valence-corrected chi connectivity index (χ1v) is 7.68. The number of morpholine rings is 1. The second-order valence-corrected chi connectivity index (χ2v) is 6.34. The summed E-state index contributed by atoms with van der Waals surface area (Å²) in [5, 5.41) is 0.478. The Hall–Kier alpha value is -0.420. The quantitative estimate of drug-likeness (QED) is 0.772. The molecule has 19 heavy (non-hydrogen) atoms. The fraction of sp³-hybridized carbons (Fsp3) is 0.500. The van der Waals surface area contributed by atoms with Gasteiger partial charge in [0.2, 0.25) is 0 Å². The number of carbonyl (C=O) groups is 1. The largest absolute Gasteiger partial charge is 0.367 e. The van der Waals surface area contributed by atoms with Crippen LogP contribution in [0.4, 0.5) is 0 Å².